The molecule has 0 aliphatic rings. The Kier molecular flexibility index (Phi) is 24.1. The van der Waals surface area contributed by atoms with Crippen LogP contribution >= 0.6 is 0 Å². The van der Waals surface area contributed by atoms with E-state index in [0.717, 1.165) is 0 Å². The van der Waals surface area contributed by atoms with Gasteiger partial charge in [-0.1, -0.05) is 13.8 Å². The van der Waals surface area contributed by atoms with Gasteiger partial charge in [-0.25, -0.2) is 0 Å². The maximum Gasteiger partial charge on any atom is 2.00 e. The average molecular weight is 266 g/mol. The van der Waals surface area contributed by atoms with Gasteiger partial charge in [-0.3, -0.25) is 0 Å². The van der Waals surface area contributed by atoms with Crippen LogP contribution in [0, 0.1) is 0 Å². The van der Waals surface area contributed by atoms with Gasteiger partial charge in [-0.15, -0.1) is 0 Å². The van der Waals surface area contributed by atoms with E-state index in [1.54, 1.807) is 13.8 Å². The van der Waals surface area contributed by atoms with Crippen molar-refractivity contribution in [3.63, 3.8) is 0 Å². The Hall–Kier alpha value is 1.32. The second kappa shape index (κ2) is 15.8. The molecule has 0 saturated carbocycles. The zero-order valence-electron chi connectivity index (χ0n) is 8.91. The van der Waals surface area contributed by atoms with E-state index >= 15 is 0 Å². The SMILES string of the molecule is CCOC(C)[O-].CCOC(C)[O-].[Sr+2]. The molecule has 76 valence electrons. The monoisotopic (exact) mass is 266 g/mol. The van der Waals surface area contributed by atoms with Gasteiger partial charge in [0.25, 0.3) is 0 Å². The second-order valence-corrected chi connectivity index (χ2v) is 2.05. The fourth-order valence-electron chi connectivity index (χ4n) is 0.469. The molecule has 0 N–H and O–H groups in total. The Labute approximate surface area is 118 Å². The van der Waals surface area contributed by atoms with Crippen LogP contribution in [-0.4, -0.2) is 71.3 Å². The van der Waals surface area contributed by atoms with Crippen molar-refractivity contribution in [2.45, 2.75) is 40.3 Å². The molecule has 0 fully saturated rings. The van der Waals surface area contributed by atoms with Gasteiger partial charge in [0.15, 0.2) is 0 Å². The van der Waals surface area contributed by atoms with Gasteiger partial charge in [0.2, 0.25) is 0 Å². The Morgan fingerprint density at radius 2 is 1.15 bits per heavy atom. The van der Waals surface area contributed by atoms with Crippen LogP contribution in [0.4, 0.5) is 0 Å². The Bertz CT molecular complexity index is 68.5. The van der Waals surface area contributed by atoms with E-state index in [4.69, 9.17) is 0 Å². The van der Waals surface area contributed by atoms with Gasteiger partial charge < -0.3 is 19.7 Å². The molecule has 0 rings (SSSR count). The molecule has 0 aliphatic heterocycles. The fraction of sp³-hybridized carbons (Fsp3) is 1.00. The molecule has 0 spiro atoms. The van der Waals surface area contributed by atoms with Crippen LogP contribution in [-0.2, 0) is 9.47 Å². The van der Waals surface area contributed by atoms with E-state index in [1.807, 2.05) is 0 Å². The minimum absolute atomic E-state index is 0. The maximum absolute atomic E-state index is 9.90. The maximum atomic E-state index is 9.90. The van der Waals surface area contributed by atoms with Crippen LogP contribution < -0.4 is 10.2 Å². The van der Waals surface area contributed by atoms with Gasteiger partial charge in [0.05, 0.1) is 0 Å². The topological polar surface area (TPSA) is 64.6 Å². The summed E-state index contributed by atoms with van der Waals surface area (Å²) in [7, 11) is 0. The van der Waals surface area contributed by atoms with E-state index in [-0.39, 0.29) is 45.5 Å². The molecule has 0 bridgehead atoms. The Morgan fingerprint density at radius 3 is 1.15 bits per heavy atom. The smallest absolute Gasteiger partial charge is 0.831 e. The average Bonchev–Trinajstić information content (AvgIpc) is 1.87. The van der Waals surface area contributed by atoms with Crippen molar-refractivity contribution in [3.8, 4) is 0 Å². The normalized spacial score (nSPS) is 13.4. The van der Waals surface area contributed by atoms with Crippen molar-refractivity contribution in [2.75, 3.05) is 13.2 Å². The molecule has 0 aliphatic carbocycles. The van der Waals surface area contributed by atoms with E-state index in [1.165, 1.54) is 13.8 Å². The van der Waals surface area contributed by atoms with E-state index in [9.17, 15) is 10.2 Å². The Balaban J connectivity index is -0.000000143. The molecule has 0 amide bonds. The summed E-state index contributed by atoms with van der Waals surface area (Å²) in [6, 6.07) is 0. The van der Waals surface area contributed by atoms with Gasteiger partial charge >= 0.3 is 45.5 Å². The minimum atomic E-state index is -0.852. The predicted molar refractivity (Wildman–Crippen MR) is 47.9 cm³/mol. The summed E-state index contributed by atoms with van der Waals surface area (Å²) in [5, 5.41) is 19.8. The van der Waals surface area contributed by atoms with Crippen molar-refractivity contribution in [3.05, 3.63) is 0 Å². The number of ether oxygens (including phenoxy) is 2. The molecule has 0 saturated heterocycles. The first-order valence-electron chi connectivity index (χ1n) is 4.09. The molecular weight excluding hydrogens is 248 g/mol. The molecule has 5 heteroatoms. The van der Waals surface area contributed by atoms with Crippen molar-refractivity contribution >= 4 is 45.5 Å². The number of rotatable bonds is 4. The summed E-state index contributed by atoms with van der Waals surface area (Å²) in [6.45, 7) is 7.59. The minimum Gasteiger partial charge on any atom is -0.831 e. The number of hydrogen-bond donors (Lipinski definition) is 0. The second-order valence-electron chi connectivity index (χ2n) is 2.05. The van der Waals surface area contributed by atoms with Crippen LogP contribution in [0.1, 0.15) is 27.7 Å². The quantitative estimate of drug-likeness (QED) is 0.487. The van der Waals surface area contributed by atoms with Crippen LogP contribution in [0.2, 0.25) is 0 Å². The standard InChI is InChI=1S/2C4H9O2.Sr/c2*1-3-6-4(2)5;/h2*4H,3H2,1-2H3;/q2*-1;+2. The van der Waals surface area contributed by atoms with Crippen molar-refractivity contribution < 1.29 is 19.7 Å². The fourth-order valence-corrected chi connectivity index (χ4v) is 0.469. The van der Waals surface area contributed by atoms with E-state index < -0.39 is 12.6 Å². The molecule has 0 aromatic rings. The first-order valence-corrected chi connectivity index (χ1v) is 4.09. The van der Waals surface area contributed by atoms with Crippen LogP contribution in [0.5, 0.6) is 0 Å². The first-order chi connectivity index (χ1) is 5.54. The van der Waals surface area contributed by atoms with Crippen molar-refractivity contribution in [1.29, 1.82) is 0 Å². The van der Waals surface area contributed by atoms with Crippen LogP contribution in [0.15, 0.2) is 0 Å². The van der Waals surface area contributed by atoms with Gasteiger partial charge in [0, 0.05) is 13.2 Å². The summed E-state index contributed by atoms with van der Waals surface area (Å²) in [5.74, 6) is 0. The largest absolute Gasteiger partial charge is 2.00 e. The first kappa shape index (κ1) is 19.8. The molecule has 13 heavy (non-hydrogen) atoms. The third-order valence-electron chi connectivity index (χ3n) is 0.803. The summed E-state index contributed by atoms with van der Waals surface area (Å²) >= 11 is 0. The van der Waals surface area contributed by atoms with Gasteiger partial charge in [-0.05, 0) is 26.4 Å². The molecular formula is C8H18O4Sr. The zero-order chi connectivity index (χ0) is 9.98. The Morgan fingerprint density at radius 1 is 0.923 bits per heavy atom. The summed E-state index contributed by atoms with van der Waals surface area (Å²) < 4.78 is 8.97. The third-order valence-corrected chi connectivity index (χ3v) is 0.803. The van der Waals surface area contributed by atoms with Crippen molar-refractivity contribution in [2.24, 2.45) is 0 Å². The van der Waals surface area contributed by atoms with E-state index in [2.05, 4.69) is 9.47 Å². The predicted octanol–water partition coefficient (Wildman–Crippen LogP) is -0.922. The zero-order valence-corrected chi connectivity index (χ0v) is 12.4. The van der Waals surface area contributed by atoms with Crippen LogP contribution in [0.25, 0.3) is 0 Å². The summed E-state index contributed by atoms with van der Waals surface area (Å²) in [4.78, 5) is 0. The molecule has 0 heterocycles. The molecule has 0 aromatic heterocycles. The molecule has 2 atom stereocenters. The third kappa shape index (κ3) is 31.9. The molecule has 0 radical (unpaired) electrons. The molecule has 0 aromatic carbocycles. The van der Waals surface area contributed by atoms with Crippen molar-refractivity contribution in [1.82, 2.24) is 0 Å². The molecule has 4 nitrogen and oxygen atoms in total. The summed E-state index contributed by atoms with van der Waals surface area (Å²) in [5.41, 5.74) is 0. The number of hydrogen-bond acceptors (Lipinski definition) is 4. The van der Waals surface area contributed by atoms with Gasteiger partial charge in [-0.2, -0.15) is 0 Å². The summed E-state index contributed by atoms with van der Waals surface area (Å²) in [6.07, 6.45) is -1.70. The molecule has 2 unspecified atom stereocenters. The van der Waals surface area contributed by atoms with E-state index in [0.29, 0.717) is 13.2 Å². The van der Waals surface area contributed by atoms with Crippen LogP contribution in [0.3, 0.4) is 0 Å². The van der Waals surface area contributed by atoms with Gasteiger partial charge in [0.1, 0.15) is 0 Å².